The van der Waals surface area contributed by atoms with E-state index in [0.29, 0.717) is 0 Å². The van der Waals surface area contributed by atoms with Crippen molar-refractivity contribution in [2.75, 3.05) is 11.6 Å². The molecule has 0 saturated carbocycles. The number of benzene rings is 1. The van der Waals surface area contributed by atoms with Gasteiger partial charge in [-0.3, -0.25) is 14.9 Å². The number of nitro benzene ring substituents is 1. The molecule has 1 rings (SSSR count). The number of carboxylic acids is 1. The average Bonchev–Trinajstić information content (AvgIpc) is 2.27. The topological polar surface area (TPSA) is 127 Å². The Labute approximate surface area is 109 Å². The summed E-state index contributed by atoms with van der Waals surface area (Å²) in [6, 6.07) is 2.21. The first-order chi connectivity index (χ1) is 8.62. The zero-order valence-corrected chi connectivity index (χ0v) is 11.0. The molecule has 1 aromatic rings. The fourth-order valence-electron chi connectivity index (χ4n) is 1.31. The van der Waals surface area contributed by atoms with Gasteiger partial charge in [0.1, 0.15) is 11.7 Å². The average molecular weight is 288 g/mol. The molecular formula is C10H12N2O6S. The highest BCUT2D eigenvalue weighted by Crippen LogP contribution is 2.28. The molecule has 0 aliphatic heterocycles. The summed E-state index contributed by atoms with van der Waals surface area (Å²) in [5.74, 6) is -1.18. The maximum atomic E-state index is 11.3. The van der Waals surface area contributed by atoms with Crippen molar-refractivity contribution in [2.45, 2.75) is 17.9 Å². The lowest BCUT2D eigenvalue weighted by molar-refractivity contribution is -0.384. The number of hydrogen-bond donors (Lipinski definition) is 2. The molecule has 0 bridgehead atoms. The van der Waals surface area contributed by atoms with Gasteiger partial charge in [0.05, 0.1) is 9.82 Å². The molecule has 0 aliphatic carbocycles. The van der Waals surface area contributed by atoms with E-state index >= 15 is 0 Å². The van der Waals surface area contributed by atoms with Gasteiger partial charge >= 0.3 is 5.97 Å². The minimum atomic E-state index is -3.57. The summed E-state index contributed by atoms with van der Waals surface area (Å²) in [5, 5.41) is 22.0. The number of sulfone groups is 1. The Morgan fingerprint density at radius 3 is 2.47 bits per heavy atom. The highest BCUT2D eigenvalue weighted by atomic mass is 32.2. The minimum Gasteiger partial charge on any atom is -0.480 e. The van der Waals surface area contributed by atoms with Gasteiger partial charge in [-0.15, -0.1) is 0 Å². The fourth-order valence-corrected chi connectivity index (χ4v) is 1.95. The molecular weight excluding hydrogens is 276 g/mol. The number of carbonyl (C=O) groups is 1. The van der Waals surface area contributed by atoms with Crippen molar-refractivity contribution >= 4 is 27.2 Å². The van der Waals surface area contributed by atoms with E-state index in [9.17, 15) is 23.3 Å². The van der Waals surface area contributed by atoms with Gasteiger partial charge in [0.15, 0.2) is 9.84 Å². The van der Waals surface area contributed by atoms with Crippen LogP contribution in [0.3, 0.4) is 0 Å². The number of carboxylic acid groups (broad SMARTS) is 1. The van der Waals surface area contributed by atoms with E-state index in [1.165, 1.54) is 19.1 Å². The molecule has 0 aromatic heterocycles. The summed E-state index contributed by atoms with van der Waals surface area (Å²) in [7, 11) is -3.57. The lowest BCUT2D eigenvalue weighted by Gasteiger charge is -2.11. The number of nitrogens with one attached hydrogen (secondary N) is 1. The van der Waals surface area contributed by atoms with E-state index in [4.69, 9.17) is 5.11 Å². The zero-order chi connectivity index (χ0) is 14.8. The van der Waals surface area contributed by atoms with E-state index in [-0.39, 0.29) is 10.6 Å². The highest BCUT2D eigenvalue weighted by molar-refractivity contribution is 7.90. The largest absolute Gasteiger partial charge is 0.480 e. The Hall–Kier alpha value is -2.16. The van der Waals surface area contributed by atoms with Gasteiger partial charge in [0, 0.05) is 12.3 Å². The standard InChI is InChI=1S/C10H12N2O6S/c1-6(10(13)14)11-8-4-3-7(19(2,17)18)5-9(8)12(15)16/h3-6,11H,1-2H3,(H,13,14). The van der Waals surface area contributed by atoms with Crippen LogP contribution in [0, 0.1) is 10.1 Å². The van der Waals surface area contributed by atoms with Gasteiger partial charge in [0.2, 0.25) is 0 Å². The number of nitro groups is 1. The molecule has 0 amide bonds. The van der Waals surface area contributed by atoms with E-state index in [1.807, 2.05) is 0 Å². The summed E-state index contributed by atoms with van der Waals surface area (Å²) in [5.41, 5.74) is -0.539. The Bertz CT molecular complexity index is 625. The van der Waals surface area contributed by atoms with Crippen LogP contribution in [0.25, 0.3) is 0 Å². The molecule has 19 heavy (non-hydrogen) atoms. The summed E-state index contributed by atoms with van der Waals surface area (Å²) >= 11 is 0. The third kappa shape index (κ3) is 3.65. The molecule has 9 heteroatoms. The second-order valence-corrected chi connectivity index (χ2v) is 5.93. The molecule has 8 nitrogen and oxygen atoms in total. The monoisotopic (exact) mass is 288 g/mol. The quantitative estimate of drug-likeness (QED) is 0.608. The van der Waals surface area contributed by atoms with Crippen molar-refractivity contribution in [1.82, 2.24) is 0 Å². The van der Waals surface area contributed by atoms with E-state index < -0.39 is 32.5 Å². The first-order valence-corrected chi connectivity index (χ1v) is 7.00. The number of anilines is 1. The van der Waals surface area contributed by atoms with E-state index in [1.54, 1.807) is 0 Å². The van der Waals surface area contributed by atoms with Gasteiger partial charge in [-0.05, 0) is 19.1 Å². The van der Waals surface area contributed by atoms with E-state index in [0.717, 1.165) is 12.3 Å². The van der Waals surface area contributed by atoms with Crippen molar-refractivity contribution < 1.29 is 23.2 Å². The molecule has 0 spiro atoms. The smallest absolute Gasteiger partial charge is 0.325 e. The molecule has 104 valence electrons. The van der Waals surface area contributed by atoms with Crippen LogP contribution in [0.15, 0.2) is 23.1 Å². The second-order valence-electron chi connectivity index (χ2n) is 3.91. The van der Waals surface area contributed by atoms with Gasteiger partial charge in [-0.25, -0.2) is 8.42 Å². The Morgan fingerprint density at radius 2 is 2.05 bits per heavy atom. The predicted octanol–water partition coefficient (Wildman–Crippen LogP) is 0.883. The lowest BCUT2D eigenvalue weighted by Crippen LogP contribution is -2.25. The van der Waals surface area contributed by atoms with Crippen LogP contribution in [0.4, 0.5) is 11.4 Å². The van der Waals surface area contributed by atoms with Crippen molar-refractivity contribution in [3.05, 3.63) is 28.3 Å². The molecule has 0 aliphatic rings. The van der Waals surface area contributed by atoms with Crippen LogP contribution in [0.5, 0.6) is 0 Å². The minimum absolute atomic E-state index is 0.0488. The molecule has 2 N–H and O–H groups in total. The summed E-state index contributed by atoms with van der Waals surface area (Å²) in [6.07, 6.45) is 0.930. The molecule has 1 atom stereocenters. The van der Waals surface area contributed by atoms with Gasteiger partial charge < -0.3 is 10.4 Å². The fraction of sp³-hybridized carbons (Fsp3) is 0.300. The maximum Gasteiger partial charge on any atom is 0.325 e. The third-order valence-corrected chi connectivity index (χ3v) is 3.45. The molecule has 1 aromatic carbocycles. The van der Waals surface area contributed by atoms with Crippen LogP contribution >= 0.6 is 0 Å². The third-order valence-electron chi connectivity index (χ3n) is 2.34. The molecule has 0 radical (unpaired) electrons. The van der Waals surface area contributed by atoms with Gasteiger partial charge in [-0.1, -0.05) is 0 Å². The molecule has 0 heterocycles. The van der Waals surface area contributed by atoms with Crippen LogP contribution in [-0.2, 0) is 14.6 Å². The van der Waals surface area contributed by atoms with Crippen LogP contribution in [-0.4, -0.2) is 36.7 Å². The normalized spacial score (nSPS) is 12.7. The summed E-state index contributed by atoms with van der Waals surface area (Å²) in [6.45, 7) is 1.32. The second kappa shape index (κ2) is 5.22. The zero-order valence-electron chi connectivity index (χ0n) is 10.2. The lowest BCUT2D eigenvalue weighted by atomic mass is 10.2. The van der Waals surface area contributed by atoms with Crippen molar-refractivity contribution in [3.63, 3.8) is 0 Å². The first-order valence-electron chi connectivity index (χ1n) is 5.10. The number of rotatable bonds is 5. The van der Waals surface area contributed by atoms with Crippen LogP contribution in [0.2, 0.25) is 0 Å². The molecule has 0 saturated heterocycles. The van der Waals surface area contributed by atoms with Crippen LogP contribution < -0.4 is 5.32 Å². The van der Waals surface area contributed by atoms with Crippen molar-refractivity contribution in [3.8, 4) is 0 Å². The highest BCUT2D eigenvalue weighted by Gasteiger charge is 2.21. The number of aliphatic carboxylic acids is 1. The van der Waals surface area contributed by atoms with Crippen molar-refractivity contribution in [1.29, 1.82) is 0 Å². The predicted molar refractivity (Wildman–Crippen MR) is 66.9 cm³/mol. The Kier molecular flexibility index (Phi) is 4.10. The summed E-state index contributed by atoms with van der Waals surface area (Å²) < 4.78 is 22.6. The first kappa shape index (κ1) is 14.9. The van der Waals surface area contributed by atoms with Crippen molar-refractivity contribution in [2.24, 2.45) is 0 Å². The SMILES string of the molecule is CC(Nc1ccc(S(C)(=O)=O)cc1[N+](=O)[O-])C(=O)O. The van der Waals surface area contributed by atoms with E-state index in [2.05, 4.69) is 5.32 Å². The number of nitrogens with zero attached hydrogens (tertiary/aromatic N) is 1. The molecule has 0 fully saturated rings. The van der Waals surface area contributed by atoms with Gasteiger partial charge in [0.25, 0.3) is 5.69 Å². The Balaban J connectivity index is 3.27. The number of hydrogen-bond acceptors (Lipinski definition) is 6. The Morgan fingerprint density at radius 1 is 1.47 bits per heavy atom. The van der Waals surface area contributed by atoms with Crippen LogP contribution in [0.1, 0.15) is 6.92 Å². The maximum absolute atomic E-state index is 11.3. The molecule has 1 unspecified atom stereocenters. The summed E-state index contributed by atoms with van der Waals surface area (Å²) in [4.78, 5) is 20.6. The van der Waals surface area contributed by atoms with Gasteiger partial charge in [-0.2, -0.15) is 0 Å².